The van der Waals surface area contributed by atoms with Crippen molar-refractivity contribution in [1.29, 1.82) is 0 Å². The molecule has 1 heterocycles. The molecule has 0 radical (unpaired) electrons. The van der Waals surface area contributed by atoms with Crippen molar-refractivity contribution in [2.45, 2.75) is 52.6 Å². The number of carbonyl (C=O) groups excluding carboxylic acids is 1. The Bertz CT molecular complexity index is 705. The van der Waals surface area contributed by atoms with Gasteiger partial charge in [0, 0.05) is 31.6 Å². The third kappa shape index (κ3) is 5.09. The highest BCUT2D eigenvalue weighted by atomic mass is 28.3. The second kappa shape index (κ2) is 8.58. The molecule has 0 spiro atoms. The molecule has 1 saturated heterocycles. The third-order valence-electron chi connectivity index (χ3n) is 5.19. The summed E-state index contributed by atoms with van der Waals surface area (Å²) in [7, 11) is -1.46. The van der Waals surface area contributed by atoms with Gasteiger partial charge >= 0.3 is 6.09 Å². The van der Waals surface area contributed by atoms with Crippen LogP contribution >= 0.6 is 0 Å². The maximum Gasteiger partial charge on any atom is 0.412 e. The number of nitrogens with two attached hydrogens (primary N) is 1. The number of hydrogen-bond acceptors (Lipinski definition) is 6. The first-order valence-corrected chi connectivity index (χ1v) is 12.3. The normalized spacial score (nSPS) is 22.5. The molecule has 1 aliphatic rings. The first kappa shape index (κ1) is 22.3. The van der Waals surface area contributed by atoms with Crippen molar-refractivity contribution in [3.63, 3.8) is 0 Å². The summed E-state index contributed by atoms with van der Waals surface area (Å²) in [5.41, 5.74) is 5.95. The van der Waals surface area contributed by atoms with Crippen LogP contribution in [-0.4, -0.2) is 43.8 Å². The van der Waals surface area contributed by atoms with Gasteiger partial charge in [-0.05, 0) is 42.1 Å². The minimum Gasteiger partial charge on any atom is -0.444 e. The number of nitrogens with zero attached hydrogens (tertiary/aromatic N) is 2. The van der Waals surface area contributed by atoms with E-state index in [4.69, 9.17) is 14.9 Å². The number of non-ortho nitro benzene ring substituents is 1. The molecule has 9 heteroatoms. The van der Waals surface area contributed by atoms with E-state index in [9.17, 15) is 14.9 Å². The van der Waals surface area contributed by atoms with E-state index in [1.165, 1.54) is 12.1 Å². The van der Waals surface area contributed by atoms with E-state index >= 15 is 0 Å². The summed E-state index contributed by atoms with van der Waals surface area (Å²) in [4.78, 5) is 24.8. The van der Waals surface area contributed by atoms with Crippen LogP contribution in [0.4, 0.5) is 10.5 Å². The van der Waals surface area contributed by atoms with Gasteiger partial charge in [-0.1, -0.05) is 20.8 Å². The fraction of sp³-hybridized carbons (Fsp3) is 0.632. The molecule has 1 amide bonds. The van der Waals surface area contributed by atoms with Gasteiger partial charge in [0.1, 0.15) is 12.3 Å². The van der Waals surface area contributed by atoms with Crippen LogP contribution in [0.5, 0.6) is 0 Å². The topological polar surface area (TPSA) is 108 Å². The number of benzene rings is 1. The average Bonchev–Trinajstić information content (AvgIpc) is 2.99. The van der Waals surface area contributed by atoms with Crippen LogP contribution in [0.25, 0.3) is 0 Å². The predicted molar refractivity (Wildman–Crippen MR) is 109 cm³/mol. The minimum absolute atomic E-state index is 0.0000734. The van der Waals surface area contributed by atoms with Crippen molar-refractivity contribution in [3.05, 3.63) is 39.9 Å². The third-order valence-corrected chi connectivity index (χ3v) is 6.10. The van der Waals surface area contributed by atoms with Crippen LogP contribution < -0.4 is 5.73 Å². The Balaban J connectivity index is 2.14. The van der Waals surface area contributed by atoms with Crippen LogP contribution in [-0.2, 0) is 15.8 Å². The van der Waals surface area contributed by atoms with Gasteiger partial charge in [0.2, 0.25) is 0 Å². The van der Waals surface area contributed by atoms with Gasteiger partial charge in [-0.25, -0.2) is 4.79 Å². The molecule has 2 atom stereocenters. The lowest BCUT2D eigenvalue weighted by molar-refractivity contribution is -0.384. The van der Waals surface area contributed by atoms with E-state index in [2.05, 4.69) is 33.9 Å². The fourth-order valence-corrected chi connectivity index (χ4v) is 4.69. The number of carbonyl (C=O) groups is 1. The number of hydrogen-bond donors (Lipinski definition) is 1. The van der Waals surface area contributed by atoms with E-state index in [1.807, 2.05) is 0 Å². The molecule has 1 fully saturated rings. The lowest BCUT2D eigenvalue weighted by Crippen LogP contribution is -2.56. The highest BCUT2D eigenvalue weighted by Gasteiger charge is 2.51. The van der Waals surface area contributed by atoms with Crippen molar-refractivity contribution in [2.24, 2.45) is 17.1 Å². The molecule has 0 aromatic heterocycles. The van der Waals surface area contributed by atoms with E-state index in [1.54, 1.807) is 17.0 Å². The van der Waals surface area contributed by atoms with Crippen molar-refractivity contribution in [3.8, 4) is 0 Å². The average molecular weight is 410 g/mol. The summed E-state index contributed by atoms with van der Waals surface area (Å²) in [5, 5.41) is 10.7. The molecule has 0 unspecified atom stereocenters. The largest absolute Gasteiger partial charge is 0.444 e. The summed E-state index contributed by atoms with van der Waals surface area (Å²) < 4.78 is 11.8. The molecule has 0 aliphatic carbocycles. The molecular weight excluding hydrogens is 378 g/mol. The quantitative estimate of drug-likeness (QED) is 0.439. The molecule has 1 aromatic rings. The SMILES string of the molecule is C[SiH](C)O[C@@]1(CN)C[C@H](C(C)(C)C)CN1C(=O)OCc1ccc([N+](=O)[O-])cc1. The standard InChI is InChI=1S/C19H31N3O5Si/c1-18(2,3)15-10-19(13-20,27-28(4)5)21(11-15)17(23)26-12-14-6-8-16(9-7-14)22(24)25/h6-9,15,28H,10-13,20H2,1-5H3/t15-,19+/m0/s1. The van der Waals surface area contributed by atoms with E-state index in [0.717, 1.165) is 0 Å². The highest BCUT2D eigenvalue weighted by Crippen LogP contribution is 2.43. The smallest absolute Gasteiger partial charge is 0.412 e. The molecule has 8 nitrogen and oxygen atoms in total. The molecule has 2 N–H and O–H groups in total. The zero-order valence-electron chi connectivity index (χ0n) is 17.3. The predicted octanol–water partition coefficient (Wildman–Crippen LogP) is 3.25. The second-order valence-corrected chi connectivity index (χ2v) is 11.0. The van der Waals surface area contributed by atoms with Crippen molar-refractivity contribution in [1.82, 2.24) is 4.90 Å². The van der Waals surface area contributed by atoms with Crippen molar-refractivity contribution < 1.29 is 18.9 Å². The molecule has 1 aliphatic heterocycles. The summed E-state index contributed by atoms with van der Waals surface area (Å²) in [5.74, 6) is 0.246. The molecule has 28 heavy (non-hydrogen) atoms. The highest BCUT2D eigenvalue weighted by molar-refractivity contribution is 6.48. The number of rotatable bonds is 6. The Labute approximate surface area is 167 Å². The first-order chi connectivity index (χ1) is 13.0. The summed E-state index contributed by atoms with van der Waals surface area (Å²) in [6.45, 7) is 11.3. The zero-order chi connectivity index (χ0) is 21.1. The minimum atomic E-state index is -1.46. The van der Waals surface area contributed by atoms with Gasteiger partial charge in [0.25, 0.3) is 5.69 Å². The Morgan fingerprint density at radius 3 is 2.43 bits per heavy atom. The number of amides is 1. The van der Waals surface area contributed by atoms with Gasteiger partial charge in [0.05, 0.1) is 4.92 Å². The Morgan fingerprint density at radius 1 is 1.36 bits per heavy atom. The molecular formula is C19H31N3O5Si. The number of ether oxygens (including phenoxy) is 1. The van der Waals surface area contributed by atoms with Gasteiger partial charge in [-0.2, -0.15) is 0 Å². The van der Waals surface area contributed by atoms with Gasteiger partial charge in [-0.3, -0.25) is 15.0 Å². The molecule has 0 bridgehead atoms. The van der Waals surface area contributed by atoms with E-state index in [-0.39, 0.29) is 30.2 Å². The number of likely N-dealkylation sites (tertiary alicyclic amines) is 1. The number of nitro benzene ring substituents is 1. The summed E-state index contributed by atoms with van der Waals surface area (Å²) in [6, 6.07) is 5.96. The summed E-state index contributed by atoms with van der Waals surface area (Å²) >= 11 is 0. The lowest BCUT2D eigenvalue weighted by atomic mass is 9.79. The van der Waals surface area contributed by atoms with Crippen LogP contribution in [0.1, 0.15) is 32.8 Å². The van der Waals surface area contributed by atoms with Crippen LogP contribution in [0.15, 0.2) is 24.3 Å². The fourth-order valence-electron chi connectivity index (χ4n) is 3.50. The van der Waals surface area contributed by atoms with Gasteiger partial charge in [0.15, 0.2) is 9.04 Å². The molecule has 1 aromatic carbocycles. The van der Waals surface area contributed by atoms with Gasteiger partial charge < -0.3 is 14.9 Å². The summed E-state index contributed by atoms with van der Waals surface area (Å²) in [6.07, 6.45) is 0.218. The Morgan fingerprint density at radius 2 is 1.96 bits per heavy atom. The van der Waals surface area contributed by atoms with Crippen LogP contribution in [0, 0.1) is 21.4 Å². The van der Waals surface area contributed by atoms with Crippen molar-refractivity contribution >= 4 is 20.8 Å². The Hall–Kier alpha value is -1.97. The second-order valence-electron chi connectivity index (χ2n) is 8.67. The lowest BCUT2D eigenvalue weighted by Gasteiger charge is -2.38. The first-order valence-electron chi connectivity index (χ1n) is 9.54. The zero-order valence-corrected chi connectivity index (χ0v) is 18.5. The van der Waals surface area contributed by atoms with E-state index < -0.39 is 25.8 Å². The van der Waals surface area contributed by atoms with E-state index in [0.29, 0.717) is 18.5 Å². The van der Waals surface area contributed by atoms with Crippen LogP contribution in [0.2, 0.25) is 13.1 Å². The molecule has 2 rings (SSSR count). The van der Waals surface area contributed by atoms with Crippen molar-refractivity contribution in [2.75, 3.05) is 13.1 Å². The van der Waals surface area contributed by atoms with Gasteiger partial charge in [-0.15, -0.1) is 0 Å². The van der Waals surface area contributed by atoms with Crippen LogP contribution in [0.3, 0.4) is 0 Å². The Kier molecular flexibility index (Phi) is 6.84. The maximum atomic E-state index is 12.9. The monoisotopic (exact) mass is 409 g/mol. The maximum absolute atomic E-state index is 12.9. The molecule has 156 valence electrons. The number of nitro groups is 1. The molecule has 0 saturated carbocycles.